The zero-order chi connectivity index (χ0) is 5.70. The molecule has 1 heteroatoms. The van der Waals surface area contributed by atoms with Gasteiger partial charge in [0.25, 0.3) is 0 Å². The molecule has 0 aromatic rings. The number of hydrogen-bond acceptors (Lipinski definition) is 0. The fourth-order valence-electron chi connectivity index (χ4n) is 0.264. The quantitative estimate of drug-likeness (QED) is 0.500. The van der Waals surface area contributed by atoms with Gasteiger partial charge in [-0.15, -0.1) is 0 Å². The molecule has 41 valence electrons. The van der Waals surface area contributed by atoms with Gasteiger partial charge in [0, 0.05) is 0 Å². The van der Waals surface area contributed by atoms with E-state index in [9.17, 15) is 4.39 Å². The van der Waals surface area contributed by atoms with Crippen LogP contribution in [0.15, 0.2) is 12.2 Å². The SMILES string of the molecule is CC(C)/C=C/[CH]F. The summed E-state index contributed by atoms with van der Waals surface area (Å²) in [7, 11) is 0. The Kier molecular flexibility index (Phi) is 3.67. The van der Waals surface area contributed by atoms with Crippen LogP contribution in [0.25, 0.3) is 0 Å². The summed E-state index contributed by atoms with van der Waals surface area (Å²) in [5, 5.41) is 0. The number of halogens is 1. The van der Waals surface area contributed by atoms with Crippen LogP contribution in [0.1, 0.15) is 13.8 Å². The van der Waals surface area contributed by atoms with Crippen LogP contribution in [0.4, 0.5) is 4.39 Å². The van der Waals surface area contributed by atoms with E-state index in [-0.39, 0.29) is 0 Å². The van der Waals surface area contributed by atoms with Crippen LogP contribution in [0, 0.1) is 12.6 Å². The average Bonchev–Trinajstić information content (AvgIpc) is 1.61. The molecule has 0 rings (SSSR count). The summed E-state index contributed by atoms with van der Waals surface area (Å²) in [5.74, 6) is 0.451. The first-order chi connectivity index (χ1) is 3.27. The first-order valence-corrected chi connectivity index (χ1v) is 2.37. The molecule has 1 radical (unpaired) electrons. The zero-order valence-electron chi connectivity index (χ0n) is 4.69. The van der Waals surface area contributed by atoms with Gasteiger partial charge >= 0.3 is 0 Å². The van der Waals surface area contributed by atoms with Crippen molar-refractivity contribution in [3.63, 3.8) is 0 Å². The van der Waals surface area contributed by atoms with Gasteiger partial charge in [-0.25, -0.2) is 4.39 Å². The third kappa shape index (κ3) is 5.67. The van der Waals surface area contributed by atoms with E-state index in [4.69, 9.17) is 0 Å². The predicted molar refractivity (Wildman–Crippen MR) is 29.4 cm³/mol. The second kappa shape index (κ2) is 3.85. The molecule has 0 saturated heterocycles. The van der Waals surface area contributed by atoms with Crippen LogP contribution < -0.4 is 0 Å². The van der Waals surface area contributed by atoms with Crippen molar-refractivity contribution in [3.8, 4) is 0 Å². The lowest BCUT2D eigenvalue weighted by Crippen LogP contribution is -1.74. The highest BCUT2D eigenvalue weighted by atomic mass is 19.1. The van der Waals surface area contributed by atoms with Crippen LogP contribution in [-0.4, -0.2) is 0 Å². The van der Waals surface area contributed by atoms with Crippen LogP contribution >= 0.6 is 0 Å². The van der Waals surface area contributed by atoms with Crippen molar-refractivity contribution in [2.45, 2.75) is 13.8 Å². The largest absolute Gasteiger partial charge is 0.239 e. The van der Waals surface area contributed by atoms with Crippen molar-refractivity contribution < 1.29 is 4.39 Å². The van der Waals surface area contributed by atoms with Gasteiger partial charge in [-0.05, 0) is 5.92 Å². The van der Waals surface area contributed by atoms with Crippen LogP contribution in [-0.2, 0) is 0 Å². The van der Waals surface area contributed by atoms with E-state index >= 15 is 0 Å². The molecule has 0 heterocycles. The van der Waals surface area contributed by atoms with Gasteiger partial charge in [-0.2, -0.15) is 0 Å². The molecule has 0 atom stereocenters. The van der Waals surface area contributed by atoms with Crippen molar-refractivity contribution in [1.29, 1.82) is 0 Å². The Morgan fingerprint density at radius 3 is 2.14 bits per heavy atom. The molecule has 0 spiro atoms. The highest BCUT2D eigenvalue weighted by molar-refractivity contribution is 4.89. The maximum absolute atomic E-state index is 11.1. The highest BCUT2D eigenvalue weighted by Crippen LogP contribution is 1.93. The first kappa shape index (κ1) is 6.67. The van der Waals surface area contributed by atoms with E-state index in [2.05, 4.69) is 0 Å². The molecule has 0 aromatic carbocycles. The molecular formula is C6H10F. The van der Waals surface area contributed by atoms with Crippen molar-refractivity contribution in [2.75, 3.05) is 0 Å². The molecule has 7 heavy (non-hydrogen) atoms. The minimum Gasteiger partial charge on any atom is -0.239 e. The summed E-state index contributed by atoms with van der Waals surface area (Å²) in [4.78, 5) is 0. The lowest BCUT2D eigenvalue weighted by atomic mass is 10.2. The van der Waals surface area contributed by atoms with Gasteiger partial charge in [0.05, 0.1) is 0 Å². The lowest BCUT2D eigenvalue weighted by Gasteiger charge is -1.87. The van der Waals surface area contributed by atoms with E-state index in [0.717, 1.165) is 0 Å². The topological polar surface area (TPSA) is 0 Å². The van der Waals surface area contributed by atoms with Crippen LogP contribution in [0.3, 0.4) is 0 Å². The summed E-state index contributed by atoms with van der Waals surface area (Å²) in [6.45, 7) is 4.54. The molecule has 0 aliphatic carbocycles. The van der Waals surface area contributed by atoms with E-state index in [1.54, 1.807) is 6.08 Å². The van der Waals surface area contributed by atoms with Crippen LogP contribution in [0.2, 0.25) is 0 Å². The number of allylic oxidation sites excluding steroid dienone is 2. The Morgan fingerprint density at radius 2 is 2.00 bits per heavy atom. The second-order valence-corrected chi connectivity index (χ2v) is 1.75. The Bertz CT molecular complexity index is 55.2. The van der Waals surface area contributed by atoms with Crippen molar-refractivity contribution in [3.05, 3.63) is 18.8 Å². The van der Waals surface area contributed by atoms with Gasteiger partial charge in [-0.1, -0.05) is 26.0 Å². The van der Waals surface area contributed by atoms with E-state index in [1.807, 2.05) is 13.8 Å². The van der Waals surface area contributed by atoms with Gasteiger partial charge in [0.15, 0.2) is 6.67 Å². The predicted octanol–water partition coefficient (Wildman–Crippen LogP) is 2.33. The number of hydrogen-bond donors (Lipinski definition) is 0. The van der Waals surface area contributed by atoms with Crippen molar-refractivity contribution >= 4 is 0 Å². The molecular weight excluding hydrogens is 91.1 g/mol. The summed E-state index contributed by atoms with van der Waals surface area (Å²) >= 11 is 0. The maximum atomic E-state index is 11.1. The molecule has 0 unspecified atom stereocenters. The number of rotatable bonds is 2. The summed E-state index contributed by atoms with van der Waals surface area (Å²) < 4.78 is 11.1. The first-order valence-electron chi connectivity index (χ1n) is 2.37. The molecule has 0 aliphatic heterocycles. The second-order valence-electron chi connectivity index (χ2n) is 1.75. The molecule has 0 nitrogen and oxygen atoms in total. The van der Waals surface area contributed by atoms with Crippen molar-refractivity contribution in [1.82, 2.24) is 0 Å². The zero-order valence-corrected chi connectivity index (χ0v) is 4.69. The Morgan fingerprint density at radius 1 is 1.43 bits per heavy atom. The van der Waals surface area contributed by atoms with Gasteiger partial charge in [-0.3, -0.25) is 0 Å². The molecule has 0 N–H and O–H groups in total. The Balaban J connectivity index is 3.08. The van der Waals surface area contributed by atoms with E-state index in [1.165, 1.54) is 6.08 Å². The average molecular weight is 101 g/mol. The van der Waals surface area contributed by atoms with Crippen molar-refractivity contribution in [2.24, 2.45) is 5.92 Å². The Hall–Kier alpha value is -0.330. The van der Waals surface area contributed by atoms with Gasteiger partial charge < -0.3 is 0 Å². The molecule has 0 aromatic heterocycles. The minimum absolute atomic E-state index is 0.451. The standard InChI is InChI=1S/C6H10F/c1-6(2)4-3-5-7/h3-6H,1-2H3/b4-3+. The summed E-state index contributed by atoms with van der Waals surface area (Å²) in [6, 6.07) is 0. The molecule has 0 bridgehead atoms. The smallest absolute Gasteiger partial charge is 0.153 e. The molecule has 0 saturated carbocycles. The summed E-state index contributed by atoms with van der Waals surface area (Å²) in [6.07, 6.45) is 3.20. The lowest BCUT2D eigenvalue weighted by molar-refractivity contribution is 0.652. The molecule has 0 aliphatic rings. The Labute approximate surface area is 44.0 Å². The normalized spacial score (nSPS) is 11.4. The monoisotopic (exact) mass is 101 g/mol. The fraction of sp³-hybridized carbons (Fsp3) is 0.500. The van der Waals surface area contributed by atoms with Gasteiger partial charge in [0.2, 0.25) is 0 Å². The maximum Gasteiger partial charge on any atom is 0.153 e. The van der Waals surface area contributed by atoms with Crippen LogP contribution in [0.5, 0.6) is 0 Å². The van der Waals surface area contributed by atoms with E-state index < -0.39 is 0 Å². The van der Waals surface area contributed by atoms with Gasteiger partial charge in [0.1, 0.15) is 0 Å². The third-order valence-corrected chi connectivity index (χ3v) is 0.569. The fourth-order valence-corrected chi connectivity index (χ4v) is 0.264. The molecule has 0 amide bonds. The summed E-state index contributed by atoms with van der Waals surface area (Å²) in [5.41, 5.74) is 0. The van der Waals surface area contributed by atoms with E-state index in [0.29, 0.717) is 12.6 Å². The third-order valence-electron chi connectivity index (χ3n) is 0.569. The molecule has 0 fully saturated rings. The highest BCUT2D eigenvalue weighted by Gasteiger charge is 1.79. The minimum atomic E-state index is 0.451.